The van der Waals surface area contributed by atoms with Gasteiger partial charge in [-0.25, -0.2) is 0 Å². The molecule has 1 aromatic carbocycles. The minimum atomic E-state index is 0.0682. The Morgan fingerprint density at radius 3 is 2.55 bits per heavy atom. The summed E-state index contributed by atoms with van der Waals surface area (Å²) >= 11 is 0. The van der Waals surface area contributed by atoms with Crippen molar-refractivity contribution in [3.8, 4) is 0 Å². The number of aryl methyl sites for hydroxylation is 1. The fourth-order valence-corrected chi connectivity index (χ4v) is 2.40. The van der Waals surface area contributed by atoms with Crippen LogP contribution in [-0.4, -0.2) is 30.0 Å². The second-order valence-electron chi connectivity index (χ2n) is 5.33. The molecule has 1 atom stereocenters. The molecule has 0 saturated carbocycles. The zero-order valence-corrected chi connectivity index (χ0v) is 12.3. The maximum Gasteiger partial charge on any atom is 0.0426 e. The average molecular weight is 269 g/mol. The largest absolute Gasteiger partial charge is 0.323 e. The van der Waals surface area contributed by atoms with Crippen molar-refractivity contribution in [2.75, 3.05) is 20.1 Å². The first-order valence-electron chi connectivity index (χ1n) is 7.05. The molecule has 0 aliphatic rings. The zero-order chi connectivity index (χ0) is 14.4. The van der Waals surface area contributed by atoms with Crippen LogP contribution in [0.15, 0.2) is 48.8 Å². The van der Waals surface area contributed by atoms with E-state index >= 15 is 0 Å². The van der Waals surface area contributed by atoms with Crippen molar-refractivity contribution < 1.29 is 0 Å². The number of pyridine rings is 1. The molecule has 0 radical (unpaired) electrons. The molecular weight excluding hydrogens is 246 g/mol. The van der Waals surface area contributed by atoms with Gasteiger partial charge in [0, 0.05) is 31.5 Å². The number of hydrogen-bond donors (Lipinski definition) is 1. The summed E-state index contributed by atoms with van der Waals surface area (Å²) in [6.45, 7) is 3.99. The Kier molecular flexibility index (Phi) is 5.27. The van der Waals surface area contributed by atoms with E-state index in [1.807, 2.05) is 12.4 Å². The van der Waals surface area contributed by atoms with E-state index in [1.54, 1.807) is 0 Å². The molecule has 1 aromatic heterocycles. The highest BCUT2D eigenvalue weighted by Gasteiger charge is 2.11. The van der Waals surface area contributed by atoms with Crippen LogP contribution in [0.4, 0.5) is 0 Å². The third-order valence-electron chi connectivity index (χ3n) is 3.63. The van der Waals surface area contributed by atoms with Crippen molar-refractivity contribution in [1.82, 2.24) is 9.88 Å². The number of aromatic nitrogens is 1. The van der Waals surface area contributed by atoms with E-state index in [2.05, 4.69) is 60.3 Å². The second-order valence-corrected chi connectivity index (χ2v) is 5.33. The number of benzene rings is 1. The highest BCUT2D eigenvalue weighted by atomic mass is 15.1. The molecule has 20 heavy (non-hydrogen) atoms. The fourth-order valence-electron chi connectivity index (χ4n) is 2.40. The Morgan fingerprint density at radius 1 is 1.15 bits per heavy atom. The fraction of sp³-hybridized carbons (Fsp3) is 0.353. The summed E-state index contributed by atoms with van der Waals surface area (Å²) in [4.78, 5) is 6.33. The molecule has 0 bridgehead atoms. The lowest BCUT2D eigenvalue weighted by atomic mass is 10.0. The summed E-state index contributed by atoms with van der Waals surface area (Å²) in [5.74, 6) is 0. The summed E-state index contributed by atoms with van der Waals surface area (Å²) in [5.41, 5.74) is 10.1. The van der Waals surface area contributed by atoms with Crippen molar-refractivity contribution in [3.63, 3.8) is 0 Å². The van der Waals surface area contributed by atoms with Gasteiger partial charge in [-0.15, -0.1) is 0 Å². The molecule has 0 aliphatic carbocycles. The zero-order valence-electron chi connectivity index (χ0n) is 12.3. The van der Waals surface area contributed by atoms with Gasteiger partial charge in [-0.2, -0.15) is 0 Å². The molecule has 0 saturated heterocycles. The Balaban J connectivity index is 1.85. The Bertz CT molecular complexity index is 525. The van der Waals surface area contributed by atoms with Gasteiger partial charge >= 0.3 is 0 Å². The molecule has 1 unspecified atom stereocenters. The third-order valence-corrected chi connectivity index (χ3v) is 3.63. The standard InChI is InChI=1S/C17H23N3/c1-14-5-3-4-6-16(14)17(18)13-20(2)12-9-15-7-10-19-11-8-15/h3-8,10-11,17H,9,12-13,18H2,1-2H3. The molecule has 2 aromatic rings. The van der Waals surface area contributed by atoms with Gasteiger partial charge in [-0.05, 0) is 49.2 Å². The van der Waals surface area contributed by atoms with E-state index in [-0.39, 0.29) is 6.04 Å². The second kappa shape index (κ2) is 7.17. The van der Waals surface area contributed by atoms with Crippen LogP contribution in [-0.2, 0) is 6.42 Å². The van der Waals surface area contributed by atoms with Gasteiger partial charge in [0.15, 0.2) is 0 Å². The lowest BCUT2D eigenvalue weighted by molar-refractivity contribution is 0.316. The SMILES string of the molecule is Cc1ccccc1C(N)CN(C)CCc1ccncc1. The summed E-state index contributed by atoms with van der Waals surface area (Å²) in [5, 5.41) is 0. The van der Waals surface area contributed by atoms with Crippen molar-refractivity contribution in [1.29, 1.82) is 0 Å². The van der Waals surface area contributed by atoms with E-state index < -0.39 is 0 Å². The molecule has 2 rings (SSSR count). The number of nitrogens with two attached hydrogens (primary N) is 1. The summed E-state index contributed by atoms with van der Waals surface area (Å²) in [7, 11) is 2.12. The van der Waals surface area contributed by atoms with Crippen LogP contribution < -0.4 is 5.73 Å². The van der Waals surface area contributed by atoms with Gasteiger partial charge in [-0.1, -0.05) is 24.3 Å². The predicted octanol–water partition coefficient (Wildman–Crippen LogP) is 2.56. The minimum Gasteiger partial charge on any atom is -0.323 e. The molecule has 0 amide bonds. The minimum absolute atomic E-state index is 0.0682. The Morgan fingerprint density at radius 2 is 1.85 bits per heavy atom. The highest BCUT2D eigenvalue weighted by molar-refractivity contribution is 5.28. The Hall–Kier alpha value is -1.71. The quantitative estimate of drug-likeness (QED) is 0.876. The van der Waals surface area contributed by atoms with Crippen LogP contribution in [0.25, 0.3) is 0 Å². The number of likely N-dealkylation sites (N-methyl/N-ethyl adjacent to an activating group) is 1. The van der Waals surface area contributed by atoms with Crippen LogP contribution >= 0.6 is 0 Å². The molecule has 3 heteroatoms. The van der Waals surface area contributed by atoms with Crippen LogP contribution in [0.5, 0.6) is 0 Å². The van der Waals surface area contributed by atoms with Crippen LogP contribution in [0, 0.1) is 6.92 Å². The molecule has 2 N–H and O–H groups in total. The van der Waals surface area contributed by atoms with Crippen LogP contribution in [0.3, 0.4) is 0 Å². The van der Waals surface area contributed by atoms with Crippen molar-refractivity contribution in [3.05, 3.63) is 65.5 Å². The van der Waals surface area contributed by atoms with Crippen LogP contribution in [0.2, 0.25) is 0 Å². The first kappa shape index (κ1) is 14.7. The highest BCUT2D eigenvalue weighted by Crippen LogP contribution is 2.15. The first-order chi connectivity index (χ1) is 9.66. The van der Waals surface area contributed by atoms with E-state index in [9.17, 15) is 0 Å². The van der Waals surface area contributed by atoms with E-state index in [1.165, 1.54) is 16.7 Å². The van der Waals surface area contributed by atoms with Gasteiger partial charge in [0.05, 0.1) is 0 Å². The van der Waals surface area contributed by atoms with Crippen molar-refractivity contribution in [2.45, 2.75) is 19.4 Å². The smallest absolute Gasteiger partial charge is 0.0426 e. The van der Waals surface area contributed by atoms with Gasteiger partial charge in [0.1, 0.15) is 0 Å². The van der Waals surface area contributed by atoms with E-state index in [4.69, 9.17) is 5.73 Å². The molecular formula is C17H23N3. The van der Waals surface area contributed by atoms with Crippen LogP contribution in [0.1, 0.15) is 22.7 Å². The van der Waals surface area contributed by atoms with Gasteiger partial charge < -0.3 is 10.6 Å². The number of hydrogen-bond acceptors (Lipinski definition) is 3. The molecule has 106 valence electrons. The van der Waals surface area contributed by atoms with Gasteiger partial charge in [0.25, 0.3) is 0 Å². The topological polar surface area (TPSA) is 42.1 Å². The number of nitrogens with zero attached hydrogens (tertiary/aromatic N) is 2. The maximum atomic E-state index is 6.31. The monoisotopic (exact) mass is 269 g/mol. The first-order valence-corrected chi connectivity index (χ1v) is 7.05. The molecule has 0 spiro atoms. The van der Waals surface area contributed by atoms with Gasteiger partial charge in [-0.3, -0.25) is 4.98 Å². The van der Waals surface area contributed by atoms with E-state index in [0.29, 0.717) is 0 Å². The average Bonchev–Trinajstić information content (AvgIpc) is 2.46. The van der Waals surface area contributed by atoms with E-state index in [0.717, 1.165) is 19.5 Å². The summed E-state index contributed by atoms with van der Waals surface area (Å²) in [6, 6.07) is 12.5. The van der Waals surface area contributed by atoms with Gasteiger partial charge in [0.2, 0.25) is 0 Å². The molecule has 0 aliphatic heterocycles. The normalized spacial score (nSPS) is 12.6. The Labute approximate surface area is 121 Å². The molecule has 0 fully saturated rings. The summed E-state index contributed by atoms with van der Waals surface area (Å²) in [6.07, 6.45) is 4.71. The van der Waals surface area contributed by atoms with Crippen molar-refractivity contribution in [2.24, 2.45) is 5.73 Å². The van der Waals surface area contributed by atoms with Crippen molar-refractivity contribution >= 4 is 0 Å². The molecule has 3 nitrogen and oxygen atoms in total. The lowest BCUT2D eigenvalue weighted by Gasteiger charge is -2.22. The summed E-state index contributed by atoms with van der Waals surface area (Å²) < 4.78 is 0. The molecule has 1 heterocycles. The number of rotatable bonds is 6. The third kappa shape index (κ3) is 4.15. The predicted molar refractivity (Wildman–Crippen MR) is 83.5 cm³/mol. The maximum absolute atomic E-state index is 6.31. The lowest BCUT2D eigenvalue weighted by Crippen LogP contribution is -2.31.